The second kappa shape index (κ2) is 6.41. The van der Waals surface area contributed by atoms with Crippen molar-refractivity contribution in [2.24, 2.45) is 0 Å². The van der Waals surface area contributed by atoms with Crippen molar-refractivity contribution in [2.75, 3.05) is 7.11 Å². The molecule has 24 heavy (non-hydrogen) atoms. The first-order chi connectivity index (χ1) is 11.0. The van der Waals surface area contributed by atoms with Crippen LogP contribution in [0.25, 0.3) is 0 Å². The smallest absolute Gasteiger partial charge is 0.466 e. The highest BCUT2D eigenvalue weighted by molar-refractivity contribution is 6.48. The zero-order valence-electron chi connectivity index (χ0n) is 15.6. The van der Waals surface area contributed by atoms with Crippen molar-refractivity contribution >= 4 is 13.1 Å². The van der Waals surface area contributed by atoms with Crippen molar-refractivity contribution in [1.82, 2.24) is 0 Å². The van der Waals surface area contributed by atoms with Gasteiger partial charge in [-0.1, -0.05) is 12.1 Å². The first-order valence-corrected chi connectivity index (χ1v) is 8.21. The van der Waals surface area contributed by atoms with Gasteiger partial charge < -0.3 is 19.2 Å². The zero-order chi connectivity index (χ0) is 18.3. The van der Waals surface area contributed by atoms with Crippen molar-refractivity contribution in [3.8, 4) is 5.75 Å². The van der Waals surface area contributed by atoms with Gasteiger partial charge in [-0.3, -0.25) is 4.79 Å². The fraction of sp³-hybridized carbons (Fsp3) is 0.611. The van der Waals surface area contributed by atoms with E-state index in [4.69, 9.17) is 14.0 Å². The largest absolute Gasteiger partial charge is 0.507 e. The number of carbonyl (C=O) groups is 1. The summed E-state index contributed by atoms with van der Waals surface area (Å²) >= 11 is 0. The minimum absolute atomic E-state index is 0.150. The number of ether oxygens (including phenoxy) is 1. The quantitative estimate of drug-likeness (QED) is 0.676. The van der Waals surface area contributed by atoms with Crippen LogP contribution in [0.2, 0.25) is 0 Å². The van der Waals surface area contributed by atoms with Crippen LogP contribution in [0.15, 0.2) is 12.1 Å². The third-order valence-electron chi connectivity index (χ3n) is 5.16. The van der Waals surface area contributed by atoms with Crippen LogP contribution in [0.4, 0.5) is 0 Å². The van der Waals surface area contributed by atoms with Crippen LogP contribution in [0, 0.1) is 13.8 Å². The number of hydrogen-bond acceptors (Lipinski definition) is 5. The summed E-state index contributed by atoms with van der Waals surface area (Å²) in [6.07, 6.45) is 0.150. The molecule has 1 N–H and O–H groups in total. The van der Waals surface area contributed by atoms with Crippen LogP contribution in [0.5, 0.6) is 5.75 Å². The number of aryl methyl sites for hydroxylation is 2. The molecule has 0 aromatic heterocycles. The highest BCUT2D eigenvalue weighted by Gasteiger charge is 2.54. The van der Waals surface area contributed by atoms with Gasteiger partial charge in [0.15, 0.2) is 0 Å². The van der Waals surface area contributed by atoms with Gasteiger partial charge in [-0.2, -0.15) is 0 Å². The topological polar surface area (TPSA) is 65.0 Å². The zero-order valence-corrected chi connectivity index (χ0v) is 15.6. The van der Waals surface area contributed by atoms with E-state index in [0.29, 0.717) is 0 Å². The van der Waals surface area contributed by atoms with Crippen molar-refractivity contribution in [3.63, 3.8) is 0 Å². The van der Waals surface area contributed by atoms with Gasteiger partial charge in [-0.05, 0) is 58.2 Å². The van der Waals surface area contributed by atoms with E-state index in [2.05, 4.69) is 0 Å². The molecule has 0 radical (unpaired) electrons. The van der Waals surface area contributed by atoms with Crippen LogP contribution < -0.4 is 0 Å². The highest BCUT2D eigenvalue weighted by atomic mass is 16.7. The number of hydrogen-bond donors (Lipinski definition) is 1. The molecule has 1 atom stereocenters. The molecule has 1 aromatic rings. The number of phenolic OH excluding ortho intramolecular Hbond substituents is 1. The van der Waals surface area contributed by atoms with E-state index in [-0.39, 0.29) is 24.0 Å². The Balaban J connectivity index is 2.42. The van der Waals surface area contributed by atoms with Gasteiger partial charge in [0.05, 0.1) is 24.7 Å². The van der Waals surface area contributed by atoms with Crippen LogP contribution in [0.1, 0.15) is 56.6 Å². The Labute approximate surface area is 144 Å². The highest BCUT2D eigenvalue weighted by Crippen LogP contribution is 2.42. The number of methoxy groups -OCH3 is 1. The average Bonchev–Trinajstić information content (AvgIpc) is 2.69. The van der Waals surface area contributed by atoms with Crippen molar-refractivity contribution < 1.29 is 23.9 Å². The van der Waals surface area contributed by atoms with E-state index < -0.39 is 18.3 Å². The summed E-state index contributed by atoms with van der Waals surface area (Å²) in [7, 11) is 0.814. The number of esters is 1. The molecule has 1 saturated heterocycles. The summed E-state index contributed by atoms with van der Waals surface area (Å²) < 4.78 is 17.1. The normalized spacial score (nSPS) is 20.0. The molecule has 1 aliphatic rings. The molecule has 1 unspecified atom stereocenters. The molecule has 0 amide bonds. The number of aromatic hydroxyl groups is 1. The van der Waals surface area contributed by atoms with Gasteiger partial charge in [0.1, 0.15) is 5.75 Å². The summed E-state index contributed by atoms with van der Waals surface area (Å²) in [6.45, 7) is 11.6. The van der Waals surface area contributed by atoms with Gasteiger partial charge in [0.2, 0.25) is 0 Å². The number of rotatable bonds is 4. The molecule has 0 spiro atoms. The van der Waals surface area contributed by atoms with E-state index in [9.17, 15) is 9.90 Å². The van der Waals surface area contributed by atoms with Gasteiger partial charge in [-0.25, -0.2) is 0 Å². The SMILES string of the molecule is COC(=O)CC(B1OC(C)(C)C(C)(C)O1)c1cc(C)c(O)c(C)c1. The minimum atomic E-state index is -0.558. The molecule has 1 heterocycles. The molecule has 1 fully saturated rings. The second-order valence-electron chi connectivity index (χ2n) is 7.51. The van der Waals surface area contributed by atoms with E-state index in [0.717, 1.165) is 16.7 Å². The Morgan fingerprint density at radius 3 is 2.04 bits per heavy atom. The van der Waals surface area contributed by atoms with E-state index in [1.807, 2.05) is 53.7 Å². The number of carbonyl (C=O) groups excluding carboxylic acids is 1. The molecule has 1 aliphatic heterocycles. The van der Waals surface area contributed by atoms with Crippen molar-refractivity contribution in [1.29, 1.82) is 0 Å². The third kappa shape index (κ3) is 3.45. The van der Waals surface area contributed by atoms with E-state index in [1.165, 1.54) is 7.11 Å². The maximum atomic E-state index is 11.9. The van der Waals surface area contributed by atoms with Gasteiger partial charge in [0.25, 0.3) is 0 Å². The molecule has 132 valence electrons. The third-order valence-corrected chi connectivity index (χ3v) is 5.16. The standard InChI is InChI=1S/C18H27BO5/c1-11-8-13(9-12(2)16(11)21)14(10-15(20)22-7)19-23-17(3,4)18(5,6)24-19/h8-9,14,21H,10H2,1-7H3. The van der Waals surface area contributed by atoms with Crippen molar-refractivity contribution in [2.45, 2.75) is 65.0 Å². The monoisotopic (exact) mass is 334 g/mol. The summed E-state index contributed by atoms with van der Waals surface area (Å²) in [6, 6.07) is 3.75. The van der Waals surface area contributed by atoms with Crippen molar-refractivity contribution in [3.05, 3.63) is 28.8 Å². The summed E-state index contributed by atoms with van der Waals surface area (Å²) in [5.74, 6) is -0.362. The Hall–Kier alpha value is -1.53. The first kappa shape index (κ1) is 18.8. The molecular weight excluding hydrogens is 307 g/mol. The van der Waals surface area contributed by atoms with E-state index >= 15 is 0 Å². The van der Waals surface area contributed by atoms with E-state index in [1.54, 1.807) is 0 Å². The maximum absolute atomic E-state index is 11.9. The fourth-order valence-corrected chi connectivity index (χ4v) is 2.89. The van der Waals surface area contributed by atoms with Crippen LogP contribution >= 0.6 is 0 Å². The fourth-order valence-electron chi connectivity index (χ4n) is 2.89. The van der Waals surface area contributed by atoms with Crippen LogP contribution in [-0.2, 0) is 18.8 Å². The van der Waals surface area contributed by atoms with Gasteiger partial charge in [-0.15, -0.1) is 0 Å². The Morgan fingerprint density at radius 1 is 1.17 bits per heavy atom. The number of phenols is 1. The lowest BCUT2D eigenvalue weighted by Crippen LogP contribution is -2.41. The lowest BCUT2D eigenvalue weighted by Gasteiger charge is -2.32. The Morgan fingerprint density at radius 2 is 1.62 bits per heavy atom. The Bertz CT molecular complexity index is 599. The molecular formula is C18H27BO5. The van der Waals surface area contributed by atoms with Gasteiger partial charge in [0, 0.05) is 5.82 Å². The molecule has 0 saturated carbocycles. The molecule has 0 aliphatic carbocycles. The molecule has 0 bridgehead atoms. The average molecular weight is 334 g/mol. The summed E-state index contributed by atoms with van der Waals surface area (Å²) in [5, 5.41) is 10.0. The summed E-state index contributed by atoms with van der Waals surface area (Å²) in [4.78, 5) is 11.9. The second-order valence-corrected chi connectivity index (χ2v) is 7.51. The lowest BCUT2D eigenvalue weighted by atomic mass is 9.65. The predicted octanol–water partition coefficient (Wildman–Crippen LogP) is 3.29. The molecule has 5 nitrogen and oxygen atoms in total. The lowest BCUT2D eigenvalue weighted by molar-refractivity contribution is -0.140. The Kier molecular flexibility index (Phi) is 5.02. The molecule has 1 aromatic carbocycles. The minimum Gasteiger partial charge on any atom is -0.507 e. The number of benzene rings is 1. The first-order valence-electron chi connectivity index (χ1n) is 8.21. The maximum Gasteiger partial charge on any atom is 0.466 e. The molecule has 2 rings (SSSR count). The molecule has 6 heteroatoms. The summed E-state index contributed by atoms with van der Waals surface area (Å²) in [5.41, 5.74) is 1.46. The predicted molar refractivity (Wildman–Crippen MR) is 93.0 cm³/mol. The van der Waals surface area contributed by atoms with Gasteiger partial charge >= 0.3 is 13.1 Å². The van der Waals surface area contributed by atoms with Crippen LogP contribution in [0.3, 0.4) is 0 Å². The van der Waals surface area contributed by atoms with Crippen LogP contribution in [-0.4, -0.2) is 36.5 Å².